The first-order valence-electron chi connectivity index (χ1n) is 14.2. The summed E-state index contributed by atoms with van der Waals surface area (Å²) in [4.78, 5) is 36.9. The van der Waals surface area contributed by atoms with E-state index in [0.717, 1.165) is 54.1 Å². The number of benzene rings is 1. The van der Waals surface area contributed by atoms with Gasteiger partial charge in [-0.25, -0.2) is 4.79 Å². The summed E-state index contributed by atoms with van der Waals surface area (Å²) in [5, 5.41) is 13.3. The molecule has 1 aliphatic rings. The quantitative estimate of drug-likeness (QED) is 0.336. The normalized spacial score (nSPS) is 15.8. The molecule has 2 aromatic heterocycles. The van der Waals surface area contributed by atoms with Gasteiger partial charge in [-0.05, 0) is 82.7 Å². The first kappa shape index (κ1) is 30.2. The largest absolute Gasteiger partial charge is 0.479 e. The minimum atomic E-state index is -1.18. The van der Waals surface area contributed by atoms with Crippen molar-refractivity contribution in [3.8, 4) is 11.1 Å². The summed E-state index contributed by atoms with van der Waals surface area (Å²) in [5.74, 6) is -1.23. The minimum Gasteiger partial charge on any atom is -0.479 e. The van der Waals surface area contributed by atoms with Crippen LogP contribution in [0.2, 0.25) is 0 Å². The Bertz CT molecular complexity index is 1390. The number of rotatable bonds is 8. The SMILES string of the molecule is Cc1nc(C)c(C(OC(C)(C)C)C(=O)O)c(N2CCC(C)(C)CC2)c1-c1ccc(C(=O)NCc2ccccn2)cc1. The lowest BCUT2D eigenvalue weighted by Gasteiger charge is -2.41. The van der Waals surface area contributed by atoms with Crippen molar-refractivity contribution in [2.45, 2.75) is 79.6 Å². The Morgan fingerprint density at radius 3 is 2.27 bits per heavy atom. The highest BCUT2D eigenvalue weighted by atomic mass is 16.5. The summed E-state index contributed by atoms with van der Waals surface area (Å²) >= 11 is 0. The predicted molar refractivity (Wildman–Crippen MR) is 161 cm³/mol. The van der Waals surface area contributed by atoms with Gasteiger partial charge in [0.05, 0.1) is 23.5 Å². The second kappa shape index (κ2) is 12.0. The summed E-state index contributed by atoms with van der Waals surface area (Å²) in [6.07, 6.45) is 2.49. The van der Waals surface area contributed by atoms with Gasteiger partial charge in [-0.15, -0.1) is 0 Å². The van der Waals surface area contributed by atoms with Crippen molar-refractivity contribution in [1.82, 2.24) is 15.3 Å². The van der Waals surface area contributed by atoms with Crippen molar-refractivity contribution in [2.24, 2.45) is 5.41 Å². The average molecular weight is 559 g/mol. The molecule has 4 rings (SSSR count). The Labute approximate surface area is 243 Å². The van der Waals surface area contributed by atoms with Crippen LogP contribution in [0.3, 0.4) is 0 Å². The molecule has 8 heteroatoms. The van der Waals surface area contributed by atoms with Gasteiger partial charge in [-0.1, -0.05) is 32.0 Å². The smallest absolute Gasteiger partial charge is 0.337 e. The number of hydrogen-bond donors (Lipinski definition) is 2. The maximum Gasteiger partial charge on any atom is 0.337 e. The van der Waals surface area contributed by atoms with E-state index in [2.05, 4.69) is 29.0 Å². The Morgan fingerprint density at radius 2 is 1.71 bits per heavy atom. The van der Waals surface area contributed by atoms with Gasteiger partial charge < -0.3 is 20.1 Å². The standard InChI is InChI=1S/C33H42N4O4/c1-21-26(23-11-13-24(14-12-23)30(38)35-20-25-10-8-9-17-34-25)28(37-18-15-33(6,7)16-19-37)27(22(2)36-21)29(31(39)40)41-32(3,4)5/h8-14,17,29H,15-16,18-20H2,1-7H3,(H,35,38)(H,39,40). The minimum absolute atomic E-state index is 0.190. The number of pyridine rings is 2. The van der Waals surface area contributed by atoms with E-state index in [0.29, 0.717) is 23.4 Å². The molecule has 1 aromatic carbocycles. The molecule has 218 valence electrons. The van der Waals surface area contributed by atoms with Gasteiger partial charge in [-0.2, -0.15) is 0 Å². The number of aromatic nitrogens is 2. The van der Waals surface area contributed by atoms with E-state index in [-0.39, 0.29) is 11.3 Å². The maximum absolute atomic E-state index is 12.9. The Kier molecular flexibility index (Phi) is 8.83. The van der Waals surface area contributed by atoms with Gasteiger partial charge in [0.15, 0.2) is 6.10 Å². The van der Waals surface area contributed by atoms with Gasteiger partial charge in [0.1, 0.15) is 0 Å². The van der Waals surface area contributed by atoms with Crippen LogP contribution in [0.25, 0.3) is 11.1 Å². The molecule has 8 nitrogen and oxygen atoms in total. The van der Waals surface area contributed by atoms with Crippen molar-refractivity contribution in [3.05, 3.63) is 76.9 Å². The van der Waals surface area contributed by atoms with Crippen molar-refractivity contribution in [2.75, 3.05) is 18.0 Å². The number of nitrogens with one attached hydrogen (secondary N) is 1. The van der Waals surface area contributed by atoms with E-state index in [9.17, 15) is 14.7 Å². The highest BCUT2D eigenvalue weighted by Gasteiger charge is 2.36. The van der Waals surface area contributed by atoms with E-state index in [4.69, 9.17) is 9.72 Å². The summed E-state index contributed by atoms with van der Waals surface area (Å²) in [6.45, 7) is 15.9. The molecule has 3 heterocycles. The summed E-state index contributed by atoms with van der Waals surface area (Å²) in [5.41, 5.74) is 5.49. The molecular formula is C33H42N4O4. The Morgan fingerprint density at radius 1 is 1.05 bits per heavy atom. The number of amides is 1. The van der Waals surface area contributed by atoms with Crippen LogP contribution in [0.4, 0.5) is 5.69 Å². The molecule has 1 amide bonds. The molecule has 3 aromatic rings. The molecule has 0 saturated carbocycles. The van der Waals surface area contributed by atoms with Gasteiger partial charge in [0.2, 0.25) is 0 Å². The van der Waals surface area contributed by atoms with Crippen LogP contribution in [0.5, 0.6) is 0 Å². The zero-order valence-corrected chi connectivity index (χ0v) is 25.2. The maximum atomic E-state index is 12.9. The number of carbonyl (C=O) groups excluding carboxylic acids is 1. The molecule has 1 fully saturated rings. The van der Waals surface area contributed by atoms with Crippen molar-refractivity contribution < 1.29 is 19.4 Å². The number of aliphatic carboxylic acids is 1. The average Bonchev–Trinajstić information content (AvgIpc) is 2.90. The third-order valence-corrected chi connectivity index (χ3v) is 7.56. The number of carboxylic acid groups (broad SMARTS) is 1. The molecule has 41 heavy (non-hydrogen) atoms. The van der Waals surface area contributed by atoms with Crippen molar-refractivity contribution >= 4 is 17.6 Å². The molecule has 0 aliphatic carbocycles. The van der Waals surface area contributed by atoms with Gasteiger partial charge in [0.25, 0.3) is 5.91 Å². The molecule has 1 saturated heterocycles. The lowest BCUT2D eigenvalue weighted by Crippen LogP contribution is -2.39. The van der Waals surface area contributed by atoms with Crippen LogP contribution in [0, 0.1) is 19.3 Å². The number of nitrogens with zero attached hydrogens (tertiary/aromatic N) is 3. The molecule has 2 N–H and O–H groups in total. The van der Waals surface area contributed by atoms with Crippen molar-refractivity contribution in [1.29, 1.82) is 0 Å². The monoisotopic (exact) mass is 558 g/mol. The first-order valence-corrected chi connectivity index (χ1v) is 14.2. The molecule has 0 radical (unpaired) electrons. The molecular weight excluding hydrogens is 516 g/mol. The number of piperidine rings is 1. The summed E-state index contributed by atoms with van der Waals surface area (Å²) < 4.78 is 6.16. The fraction of sp³-hybridized carbons (Fsp3) is 0.455. The summed E-state index contributed by atoms with van der Waals surface area (Å²) in [6, 6.07) is 13.0. The molecule has 1 atom stereocenters. The van der Waals surface area contributed by atoms with Gasteiger partial charge >= 0.3 is 5.97 Å². The van der Waals surface area contributed by atoms with Crippen LogP contribution in [-0.2, 0) is 16.1 Å². The van der Waals surface area contributed by atoms with Gasteiger partial charge in [-0.3, -0.25) is 14.8 Å². The predicted octanol–water partition coefficient (Wildman–Crippen LogP) is 6.26. The second-order valence-corrected chi connectivity index (χ2v) is 12.6. The second-order valence-electron chi connectivity index (χ2n) is 12.6. The zero-order valence-electron chi connectivity index (χ0n) is 25.2. The lowest BCUT2D eigenvalue weighted by molar-refractivity contribution is -0.160. The fourth-order valence-corrected chi connectivity index (χ4v) is 5.32. The third-order valence-electron chi connectivity index (χ3n) is 7.56. The van der Waals surface area contributed by atoms with E-state index in [1.165, 1.54) is 0 Å². The van der Waals surface area contributed by atoms with E-state index < -0.39 is 17.7 Å². The fourth-order valence-electron chi connectivity index (χ4n) is 5.32. The van der Waals surface area contributed by atoms with Crippen LogP contribution in [-0.4, -0.2) is 45.6 Å². The van der Waals surface area contributed by atoms with E-state index >= 15 is 0 Å². The Hall–Kier alpha value is -3.78. The summed E-state index contributed by atoms with van der Waals surface area (Å²) in [7, 11) is 0. The van der Waals surface area contributed by atoms with E-state index in [1.54, 1.807) is 18.3 Å². The zero-order chi connectivity index (χ0) is 29.9. The first-order chi connectivity index (χ1) is 19.3. The number of carboxylic acids is 1. The van der Waals surface area contributed by atoms with Crippen LogP contribution >= 0.6 is 0 Å². The van der Waals surface area contributed by atoms with Crippen molar-refractivity contribution in [3.63, 3.8) is 0 Å². The number of carbonyl (C=O) groups is 2. The Balaban J connectivity index is 1.77. The molecule has 1 aliphatic heterocycles. The number of aryl methyl sites for hydroxylation is 2. The third kappa shape index (κ3) is 7.30. The topological polar surface area (TPSA) is 105 Å². The van der Waals surface area contributed by atoms with E-state index in [1.807, 2.05) is 65.0 Å². The lowest BCUT2D eigenvalue weighted by atomic mass is 9.81. The number of hydrogen-bond acceptors (Lipinski definition) is 6. The highest BCUT2D eigenvalue weighted by molar-refractivity contribution is 5.95. The highest BCUT2D eigenvalue weighted by Crippen LogP contribution is 2.44. The van der Waals surface area contributed by atoms with Crippen LogP contribution in [0.1, 0.15) is 86.6 Å². The number of anilines is 1. The van der Waals surface area contributed by atoms with Crippen LogP contribution < -0.4 is 10.2 Å². The molecule has 0 bridgehead atoms. The number of ether oxygens (including phenoxy) is 1. The molecule has 1 unspecified atom stereocenters. The van der Waals surface area contributed by atoms with Gasteiger partial charge in [0, 0.05) is 47.4 Å². The van der Waals surface area contributed by atoms with Crippen LogP contribution in [0.15, 0.2) is 48.7 Å². The molecule has 0 spiro atoms.